The maximum Gasteiger partial charge on any atom is 0.310 e. The Labute approximate surface area is 116 Å². The highest BCUT2D eigenvalue weighted by molar-refractivity contribution is 5.94. The monoisotopic (exact) mass is 279 g/mol. The number of nitrogens with zero attached hydrogens (tertiary/aromatic N) is 2. The van der Waals surface area contributed by atoms with Crippen molar-refractivity contribution in [3.05, 3.63) is 33.9 Å². The third-order valence-corrected chi connectivity index (χ3v) is 3.23. The van der Waals surface area contributed by atoms with Crippen LogP contribution < -0.4 is 10.5 Å². The van der Waals surface area contributed by atoms with Crippen molar-refractivity contribution in [3.8, 4) is 5.75 Å². The van der Waals surface area contributed by atoms with Gasteiger partial charge in [-0.05, 0) is 18.9 Å². The van der Waals surface area contributed by atoms with Crippen LogP contribution in [0.15, 0.2) is 18.2 Å². The molecule has 1 aromatic carbocycles. The molecule has 0 aliphatic heterocycles. The standard InChI is InChI=1S/C13H17N3O4/c1-15(2)13(17)8-3-4-11(16(18)19)12(5-8)20-10-6-9(14)7-10/h3-5,9-10H,6-7,14H2,1-2H3. The minimum atomic E-state index is -0.516. The van der Waals surface area contributed by atoms with Gasteiger partial charge < -0.3 is 15.4 Å². The van der Waals surface area contributed by atoms with Gasteiger partial charge in [0.05, 0.1) is 4.92 Å². The van der Waals surface area contributed by atoms with E-state index >= 15 is 0 Å². The first-order valence-corrected chi connectivity index (χ1v) is 6.31. The SMILES string of the molecule is CN(C)C(=O)c1ccc([N+](=O)[O-])c(OC2CC(N)C2)c1. The van der Waals surface area contributed by atoms with Crippen LogP contribution in [0.1, 0.15) is 23.2 Å². The number of carbonyl (C=O) groups is 1. The lowest BCUT2D eigenvalue weighted by Crippen LogP contribution is -2.43. The first kappa shape index (κ1) is 14.3. The Bertz CT molecular complexity index is 538. The normalized spacial score (nSPS) is 20.9. The number of ether oxygens (including phenoxy) is 1. The predicted molar refractivity (Wildman–Crippen MR) is 72.7 cm³/mol. The summed E-state index contributed by atoms with van der Waals surface area (Å²) >= 11 is 0. The van der Waals surface area contributed by atoms with Crippen molar-refractivity contribution in [1.82, 2.24) is 4.90 Å². The lowest BCUT2D eigenvalue weighted by Gasteiger charge is -2.32. The van der Waals surface area contributed by atoms with Gasteiger partial charge in [-0.1, -0.05) is 0 Å². The fraction of sp³-hybridized carbons (Fsp3) is 0.462. The molecule has 7 heteroatoms. The van der Waals surface area contributed by atoms with E-state index in [1.165, 1.54) is 23.1 Å². The second kappa shape index (κ2) is 5.46. The second-order valence-electron chi connectivity index (χ2n) is 5.11. The molecule has 1 fully saturated rings. The van der Waals surface area contributed by atoms with Gasteiger partial charge in [0.2, 0.25) is 0 Å². The number of nitro groups is 1. The number of amides is 1. The lowest BCUT2D eigenvalue weighted by molar-refractivity contribution is -0.386. The van der Waals surface area contributed by atoms with E-state index in [1.54, 1.807) is 14.1 Å². The number of rotatable bonds is 4. The molecular weight excluding hydrogens is 262 g/mol. The number of benzene rings is 1. The summed E-state index contributed by atoms with van der Waals surface area (Å²) in [5.74, 6) is -0.102. The van der Waals surface area contributed by atoms with Gasteiger partial charge in [0.25, 0.3) is 5.91 Å². The first-order chi connectivity index (χ1) is 9.38. The molecule has 1 aromatic rings. The number of nitro benzene ring substituents is 1. The summed E-state index contributed by atoms with van der Waals surface area (Å²) in [4.78, 5) is 23.8. The molecule has 0 aromatic heterocycles. The Balaban J connectivity index is 2.27. The maximum absolute atomic E-state index is 11.9. The molecule has 108 valence electrons. The molecule has 2 rings (SSSR count). The highest BCUT2D eigenvalue weighted by atomic mass is 16.6. The molecule has 0 bridgehead atoms. The van der Waals surface area contributed by atoms with E-state index in [1.807, 2.05) is 0 Å². The minimum absolute atomic E-state index is 0.0886. The second-order valence-corrected chi connectivity index (χ2v) is 5.11. The Kier molecular flexibility index (Phi) is 3.89. The van der Waals surface area contributed by atoms with E-state index in [-0.39, 0.29) is 29.5 Å². The molecule has 1 aliphatic rings. The molecule has 20 heavy (non-hydrogen) atoms. The number of nitrogens with two attached hydrogens (primary N) is 1. The molecule has 2 N–H and O–H groups in total. The number of hydrogen-bond donors (Lipinski definition) is 1. The zero-order valence-corrected chi connectivity index (χ0v) is 11.4. The molecule has 1 aliphatic carbocycles. The van der Waals surface area contributed by atoms with Crippen molar-refractivity contribution in [2.75, 3.05) is 14.1 Å². The van der Waals surface area contributed by atoms with Gasteiger partial charge in [-0.15, -0.1) is 0 Å². The van der Waals surface area contributed by atoms with Gasteiger partial charge in [0.1, 0.15) is 6.10 Å². The van der Waals surface area contributed by atoms with E-state index < -0.39 is 4.92 Å². The molecule has 0 saturated heterocycles. The fourth-order valence-corrected chi connectivity index (χ4v) is 2.03. The summed E-state index contributed by atoms with van der Waals surface area (Å²) in [6.45, 7) is 0. The van der Waals surface area contributed by atoms with Crippen molar-refractivity contribution in [1.29, 1.82) is 0 Å². The van der Waals surface area contributed by atoms with Crippen molar-refractivity contribution < 1.29 is 14.5 Å². The van der Waals surface area contributed by atoms with Crippen LogP contribution in [-0.4, -0.2) is 42.0 Å². The average molecular weight is 279 g/mol. The number of carbonyl (C=O) groups excluding carboxylic acids is 1. The van der Waals surface area contributed by atoms with Crippen LogP contribution in [-0.2, 0) is 0 Å². The summed E-state index contributed by atoms with van der Waals surface area (Å²) in [6, 6.07) is 4.24. The zero-order chi connectivity index (χ0) is 14.9. The van der Waals surface area contributed by atoms with Crippen LogP contribution >= 0.6 is 0 Å². The third kappa shape index (κ3) is 2.88. The largest absolute Gasteiger partial charge is 0.483 e. The molecule has 0 atom stereocenters. The van der Waals surface area contributed by atoms with Gasteiger partial charge >= 0.3 is 5.69 Å². The molecule has 0 heterocycles. The van der Waals surface area contributed by atoms with E-state index in [0.717, 1.165) is 0 Å². The van der Waals surface area contributed by atoms with Crippen LogP contribution in [0.2, 0.25) is 0 Å². The molecular formula is C13H17N3O4. The minimum Gasteiger partial charge on any atom is -0.483 e. The Morgan fingerprint density at radius 1 is 1.45 bits per heavy atom. The van der Waals surface area contributed by atoms with Gasteiger partial charge in [-0.3, -0.25) is 14.9 Å². The fourth-order valence-electron chi connectivity index (χ4n) is 2.03. The lowest BCUT2D eigenvalue weighted by atomic mass is 9.90. The molecule has 7 nitrogen and oxygen atoms in total. The highest BCUT2D eigenvalue weighted by Gasteiger charge is 2.30. The van der Waals surface area contributed by atoms with Crippen molar-refractivity contribution in [3.63, 3.8) is 0 Å². The smallest absolute Gasteiger partial charge is 0.310 e. The van der Waals surface area contributed by atoms with Crippen molar-refractivity contribution in [2.45, 2.75) is 25.0 Å². The number of hydrogen-bond acceptors (Lipinski definition) is 5. The van der Waals surface area contributed by atoms with Gasteiger partial charge in [-0.25, -0.2) is 0 Å². The van der Waals surface area contributed by atoms with Crippen LogP contribution in [0, 0.1) is 10.1 Å². The zero-order valence-electron chi connectivity index (χ0n) is 11.4. The van der Waals surface area contributed by atoms with Gasteiger partial charge in [0.15, 0.2) is 5.75 Å². The Morgan fingerprint density at radius 3 is 2.60 bits per heavy atom. The first-order valence-electron chi connectivity index (χ1n) is 6.31. The van der Waals surface area contributed by atoms with Crippen LogP contribution in [0.4, 0.5) is 5.69 Å². The molecule has 1 saturated carbocycles. The summed E-state index contributed by atoms with van der Waals surface area (Å²) < 4.78 is 5.59. The molecule has 0 spiro atoms. The maximum atomic E-state index is 11.9. The molecule has 0 unspecified atom stereocenters. The average Bonchev–Trinajstić information content (AvgIpc) is 2.35. The van der Waals surface area contributed by atoms with Crippen LogP contribution in [0.5, 0.6) is 5.75 Å². The summed E-state index contributed by atoms with van der Waals surface area (Å²) in [5.41, 5.74) is 5.89. The molecule has 0 radical (unpaired) electrons. The summed E-state index contributed by atoms with van der Waals surface area (Å²) in [5, 5.41) is 11.0. The Hall–Kier alpha value is -2.15. The van der Waals surface area contributed by atoms with E-state index in [9.17, 15) is 14.9 Å². The van der Waals surface area contributed by atoms with Gasteiger partial charge in [0, 0.05) is 37.8 Å². The van der Waals surface area contributed by atoms with Crippen LogP contribution in [0.25, 0.3) is 0 Å². The van der Waals surface area contributed by atoms with E-state index in [0.29, 0.717) is 18.4 Å². The van der Waals surface area contributed by atoms with E-state index in [2.05, 4.69) is 0 Å². The summed E-state index contributed by atoms with van der Waals surface area (Å²) in [7, 11) is 3.24. The summed E-state index contributed by atoms with van der Waals surface area (Å²) in [6.07, 6.45) is 1.22. The third-order valence-electron chi connectivity index (χ3n) is 3.23. The quantitative estimate of drug-likeness (QED) is 0.658. The predicted octanol–water partition coefficient (Wildman–Crippen LogP) is 1.17. The van der Waals surface area contributed by atoms with E-state index in [4.69, 9.17) is 10.5 Å². The van der Waals surface area contributed by atoms with Crippen molar-refractivity contribution >= 4 is 11.6 Å². The van der Waals surface area contributed by atoms with Crippen LogP contribution in [0.3, 0.4) is 0 Å². The van der Waals surface area contributed by atoms with Crippen molar-refractivity contribution in [2.24, 2.45) is 5.73 Å². The van der Waals surface area contributed by atoms with Gasteiger partial charge in [-0.2, -0.15) is 0 Å². The Morgan fingerprint density at radius 2 is 2.10 bits per heavy atom. The topological polar surface area (TPSA) is 98.7 Å². The highest BCUT2D eigenvalue weighted by Crippen LogP contribution is 2.32. The molecule has 1 amide bonds.